The molecule has 0 aliphatic rings. The van der Waals surface area contributed by atoms with Gasteiger partial charge in [-0.25, -0.2) is 8.42 Å². The van der Waals surface area contributed by atoms with Crippen molar-refractivity contribution in [3.63, 3.8) is 0 Å². The zero-order valence-electron chi connectivity index (χ0n) is 11.7. The summed E-state index contributed by atoms with van der Waals surface area (Å²) >= 11 is 5.10. The van der Waals surface area contributed by atoms with Gasteiger partial charge >= 0.3 is 0 Å². The first-order chi connectivity index (χ1) is 9.77. The lowest BCUT2D eigenvalue weighted by molar-refractivity contribution is 0.602. The minimum Gasteiger partial charge on any atom is -0.324 e. The van der Waals surface area contributed by atoms with Gasteiger partial charge in [-0.1, -0.05) is 33.8 Å². The number of hydrogen-bond acceptors (Lipinski definition) is 4. The summed E-state index contributed by atoms with van der Waals surface area (Å²) in [6.45, 7) is 1.94. The van der Waals surface area contributed by atoms with Gasteiger partial charge in [0.05, 0.1) is 4.90 Å². The molecule has 0 spiro atoms. The first-order valence-electron chi connectivity index (χ1n) is 6.30. The molecule has 0 aliphatic heterocycles. The Hall–Kier alpha value is -0.820. The van der Waals surface area contributed by atoms with Gasteiger partial charge in [-0.15, -0.1) is 0 Å². The van der Waals surface area contributed by atoms with E-state index in [4.69, 9.17) is 5.73 Å². The second-order valence-corrected chi connectivity index (χ2v) is 8.83. The van der Waals surface area contributed by atoms with Crippen molar-refractivity contribution in [2.24, 2.45) is 5.73 Å². The number of hydrogen-bond donors (Lipinski definition) is 1. The maximum atomic E-state index is 11.4. The molecule has 2 N–H and O–H groups in total. The van der Waals surface area contributed by atoms with Crippen LogP contribution in [0.25, 0.3) is 0 Å². The second-order valence-electron chi connectivity index (χ2n) is 4.82. The maximum Gasteiger partial charge on any atom is 0.175 e. The maximum absolute atomic E-state index is 11.4. The molecule has 2 rings (SSSR count). The predicted octanol–water partition coefficient (Wildman–Crippen LogP) is 4.02. The van der Waals surface area contributed by atoms with Gasteiger partial charge in [-0.2, -0.15) is 0 Å². The van der Waals surface area contributed by atoms with Gasteiger partial charge in [0.25, 0.3) is 0 Å². The first kappa shape index (κ1) is 16.5. The average Bonchev–Trinajstić information content (AvgIpc) is 2.38. The van der Waals surface area contributed by atoms with Crippen LogP contribution in [0.3, 0.4) is 0 Å². The van der Waals surface area contributed by atoms with Gasteiger partial charge < -0.3 is 5.73 Å². The van der Waals surface area contributed by atoms with E-state index in [1.165, 1.54) is 6.26 Å². The van der Waals surface area contributed by atoms with Gasteiger partial charge in [-0.3, -0.25) is 0 Å². The summed E-state index contributed by atoms with van der Waals surface area (Å²) < 4.78 is 23.8. The van der Waals surface area contributed by atoms with Gasteiger partial charge in [0, 0.05) is 26.6 Å². The van der Waals surface area contributed by atoms with Gasteiger partial charge in [0.15, 0.2) is 9.84 Å². The summed E-state index contributed by atoms with van der Waals surface area (Å²) in [6, 6.07) is 12.9. The molecule has 1 unspecified atom stereocenters. The minimum absolute atomic E-state index is 0.0209. The number of sulfone groups is 1. The lowest BCUT2D eigenvalue weighted by Crippen LogP contribution is -2.05. The highest BCUT2D eigenvalue weighted by Crippen LogP contribution is 2.32. The number of rotatable bonds is 4. The van der Waals surface area contributed by atoms with Gasteiger partial charge in [0.2, 0.25) is 0 Å². The van der Waals surface area contributed by atoms with Crippen LogP contribution >= 0.6 is 27.7 Å². The topological polar surface area (TPSA) is 60.2 Å². The summed E-state index contributed by atoms with van der Waals surface area (Å²) in [4.78, 5) is 2.39. The fourth-order valence-electron chi connectivity index (χ4n) is 1.83. The molecular formula is C15H16BrNO2S2. The molecule has 0 saturated carbocycles. The van der Waals surface area contributed by atoms with Crippen LogP contribution in [0.15, 0.2) is 61.6 Å². The van der Waals surface area contributed by atoms with Crippen molar-refractivity contribution in [1.29, 1.82) is 0 Å². The lowest BCUT2D eigenvalue weighted by Gasteiger charge is -2.10. The molecule has 6 heteroatoms. The molecule has 112 valence electrons. The highest BCUT2D eigenvalue weighted by atomic mass is 79.9. The van der Waals surface area contributed by atoms with Crippen LogP contribution < -0.4 is 5.73 Å². The van der Waals surface area contributed by atoms with Crippen LogP contribution in [0.5, 0.6) is 0 Å². The van der Waals surface area contributed by atoms with Crippen molar-refractivity contribution in [3.05, 3.63) is 52.5 Å². The Morgan fingerprint density at radius 2 is 1.67 bits per heavy atom. The van der Waals surface area contributed by atoms with Crippen LogP contribution in [0, 0.1) is 0 Å². The molecule has 0 aliphatic carbocycles. The molecule has 2 aromatic rings. The van der Waals surface area contributed by atoms with Crippen molar-refractivity contribution in [1.82, 2.24) is 0 Å². The normalized spacial score (nSPS) is 13.1. The smallest absolute Gasteiger partial charge is 0.175 e. The second kappa shape index (κ2) is 6.52. The molecule has 0 radical (unpaired) electrons. The van der Waals surface area contributed by atoms with E-state index in [9.17, 15) is 8.42 Å². The molecule has 3 nitrogen and oxygen atoms in total. The third-order valence-electron chi connectivity index (χ3n) is 2.95. The molecule has 0 heterocycles. The van der Waals surface area contributed by atoms with Crippen molar-refractivity contribution in [2.75, 3.05) is 6.26 Å². The SMILES string of the molecule is CC(N)c1ccc(Sc2ccc(S(C)(=O)=O)cc2)cc1Br. The molecule has 0 saturated heterocycles. The van der Waals surface area contributed by atoms with E-state index in [0.717, 1.165) is 19.8 Å². The zero-order chi connectivity index (χ0) is 15.6. The summed E-state index contributed by atoms with van der Waals surface area (Å²) in [5.41, 5.74) is 6.94. The standard InChI is InChI=1S/C15H16BrNO2S2/c1-10(17)14-8-5-12(9-15(14)16)20-11-3-6-13(7-4-11)21(2,18)19/h3-10H,17H2,1-2H3. The van der Waals surface area contributed by atoms with E-state index in [1.807, 2.05) is 37.3 Å². The number of nitrogens with two attached hydrogens (primary N) is 1. The van der Waals surface area contributed by atoms with Crippen LogP contribution in [0.1, 0.15) is 18.5 Å². The number of benzene rings is 2. The largest absolute Gasteiger partial charge is 0.324 e. The molecule has 0 amide bonds. The van der Waals surface area contributed by atoms with Crippen molar-refractivity contribution in [3.8, 4) is 0 Å². The van der Waals surface area contributed by atoms with Gasteiger partial charge in [0.1, 0.15) is 0 Å². The summed E-state index contributed by atoms with van der Waals surface area (Å²) in [6.07, 6.45) is 1.21. The van der Waals surface area contributed by atoms with Crippen LogP contribution in [-0.2, 0) is 9.84 Å². The van der Waals surface area contributed by atoms with Crippen LogP contribution in [-0.4, -0.2) is 14.7 Å². The van der Waals surface area contributed by atoms with E-state index in [-0.39, 0.29) is 6.04 Å². The highest BCUT2D eigenvalue weighted by Gasteiger charge is 2.08. The summed E-state index contributed by atoms with van der Waals surface area (Å²) in [7, 11) is -3.14. The third kappa shape index (κ3) is 4.32. The molecule has 0 aromatic heterocycles. The fraction of sp³-hybridized carbons (Fsp3) is 0.200. The quantitative estimate of drug-likeness (QED) is 0.862. The van der Waals surface area contributed by atoms with Crippen molar-refractivity contribution < 1.29 is 8.42 Å². The highest BCUT2D eigenvalue weighted by molar-refractivity contribution is 9.10. The predicted molar refractivity (Wildman–Crippen MR) is 90.4 cm³/mol. The fourth-order valence-corrected chi connectivity index (χ4v) is 4.21. The van der Waals surface area contributed by atoms with E-state index < -0.39 is 9.84 Å². The molecule has 1 atom stereocenters. The van der Waals surface area contributed by atoms with Crippen LogP contribution in [0.2, 0.25) is 0 Å². The Bertz CT molecular complexity index is 741. The van der Waals surface area contributed by atoms with Crippen LogP contribution in [0.4, 0.5) is 0 Å². The van der Waals surface area contributed by atoms with Crippen molar-refractivity contribution in [2.45, 2.75) is 27.7 Å². The Kier molecular flexibility index (Phi) is 5.14. The van der Waals surface area contributed by atoms with Gasteiger partial charge in [-0.05, 0) is 48.9 Å². The minimum atomic E-state index is -3.14. The Labute approximate surface area is 138 Å². The average molecular weight is 386 g/mol. The molecular weight excluding hydrogens is 370 g/mol. The first-order valence-corrected chi connectivity index (χ1v) is 9.80. The number of halogens is 1. The lowest BCUT2D eigenvalue weighted by atomic mass is 10.1. The van der Waals surface area contributed by atoms with E-state index >= 15 is 0 Å². The van der Waals surface area contributed by atoms with E-state index in [0.29, 0.717) is 4.90 Å². The Balaban J connectivity index is 2.21. The Morgan fingerprint density at radius 1 is 1.10 bits per heavy atom. The molecule has 21 heavy (non-hydrogen) atoms. The van der Waals surface area contributed by atoms with E-state index in [2.05, 4.69) is 15.9 Å². The molecule has 2 aromatic carbocycles. The summed E-state index contributed by atoms with van der Waals surface area (Å²) in [5.74, 6) is 0. The van der Waals surface area contributed by atoms with Crippen molar-refractivity contribution >= 4 is 37.5 Å². The molecule has 0 fully saturated rings. The monoisotopic (exact) mass is 385 g/mol. The third-order valence-corrected chi connectivity index (χ3v) is 5.76. The van der Waals surface area contributed by atoms with E-state index in [1.54, 1.807) is 23.9 Å². The molecule has 0 bridgehead atoms. The zero-order valence-corrected chi connectivity index (χ0v) is 14.9. The summed E-state index contributed by atoms with van der Waals surface area (Å²) in [5, 5.41) is 0. The Morgan fingerprint density at radius 3 is 2.14 bits per heavy atom.